The summed E-state index contributed by atoms with van der Waals surface area (Å²) in [6.45, 7) is 4.40. The third-order valence-corrected chi connectivity index (χ3v) is 6.88. The lowest BCUT2D eigenvalue weighted by molar-refractivity contribution is -0.139. The molecule has 2 aromatic carbocycles. The van der Waals surface area contributed by atoms with E-state index in [1.807, 2.05) is 15.9 Å². The molecule has 0 aliphatic carbocycles. The summed E-state index contributed by atoms with van der Waals surface area (Å²) in [6.07, 6.45) is -4.41. The van der Waals surface area contributed by atoms with Crippen LogP contribution < -0.4 is 20.3 Å². The van der Waals surface area contributed by atoms with Crippen molar-refractivity contribution < 1.29 is 37.0 Å². The van der Waals surface area contributed by atoms with Gasteiger partial charge < -0.3 is 29.7 Å². The van der Waals surface area contributed by atoms with Crippen LogP contribution in [0.3, 0.4) is 0 Å². The highest BCUT2D eigenvalue weighted by atomic mass is 19.4. The maximum Gasteiger partial charge on any atom is 0.416 e. The number of anilines is 1. The SMILES string of the molecule is CCOC(=O)C1=C(CN2CCN(c3cccc(C(F)(F)F)c3)CC2)NC(=O)N[C@@H]1c1ccc(OC)c(COC)c1. The maximum absolute atomic E-state index is 13.2. The second-order valence-corrected chi connectivity index (χ2v) is 9.46. The van der Waals surface area contributed by atoms with Gasteiger partial charge in [0.2, 0.25) is 0 Å². The Kier molecular flexibility index (Phi) is 9.21. The molecule has 2 aliphatic heterocycles. The average Bonchev–Trinajstić information content (AvgIpc) is 2.93. The van der Waals surface area contributed by atoms with Crippen LogP contribution in [-0.4, -0.2) is 70.5 Å². The minimum Gasteiger partial charge on any atom is -0.496 e. The largest absolute Gasteiger partial charge is 0.496 e. The van der Waals surface area contributed by atoms with E-state index in [9.17, 15) is 22.8 Å². The van der Waals surface area contributed by atoms with Crippen molar-refractivity contribution in [1.29, 1.82) is 0 Å². The predicted octanol–water partition coefficient (Wildman–Crippen LogP) is 3.85. The van der Waals surface area contributed by atoms with E-state index < -0.39 is 29.8 Å². The van der Waals surface area contributed by atoms with Gasteiger partial charge in [0.25, 0.3) is 0 Å². The minimum atomic E-state index is -4.41. The number of amides is 2. The maximum atomic E-state index is 13.2. The van der Waals surface area contributed by atoms with Gasteiger partial charge in [-0.1, -0.05) is 12.1 Å². The topological polar surface area (TPSA) is 92.4 Å². The summed E-state index contributed by atoms with van der Waals surface area (Å²) in [5.74, 6) is 0.0631. The van der Waals surface area contributed by atoms with Crippen molar-refractivity contribution in [2.45, 2.75) is 25.7 Å². The number of benzene rings is 2. The first-order valence-electron chi connectivity index (χ1n) is 12.9. The zero-order valence-corrected chi connectivity index (χ0v) is 22.6. The molecular weight excluding hydrogens is 529 g/mol. The van der Waals surface area contributed by atoms with Gasteiger partial charge in [-0.25, -0.2) is 9.59 Å². The van der Waals surface area contributed by atoms with Gasteiger partial charge in [-0.2, -0.15) is 13.2 Å². The van der Waals surface area contributed by atoms with Crippen LogP contribution in [0.2, 0.25) is 0 Å². The molecule has 9 nitrogen and oxygen atoms in total. The van der Waals surface area contributed by atoms with Crippen molar-refractivity contribution in [2.75, 3.05) is 58.5 Å². The van der Waals surface area contributed by atoms with E-state index in [0.29, 0.717) is 48.9 Å². The van der Waals surface area contributed by atoms with E-state index >= 15 is 0 Å². The monoisotopic (exact) mass is 562 g/mol. The Labute approximate surface area is 230 Å². The summed E-state index contributed by atoms with van der Waals surface area (Å²) >= 11 is 0. The molecule has 12 heteroatoms. The lowest BCUT2D eigenvalue weighted by Gasteiger charge is -2.38. The molecule has 4 rings (SSSR count). The fourth-order valence-corrected chi connectivity index (χ4v) is 4.96. The number of carbonyl (C=O) groups excluding carboxylic acids is 2. The summed E-state index contributed by atoms with van der Waals surface area (Å²) < 4.78 is 55.6. The van der Waals surface area contributed by atoms with Crippen molar-refractivity contribution in [3.8, 4) is 5.75 Å². The number of nitrogens with zero attached hydrogens (tertiary/aromatic N) is 2. The molecule has 216 valence electrons. The molecule has 2 aliphatic rings. The Morgan fingerprint density at radius 1 is 1.07 bits per heavy atom. The van der Waals surface area contributed by atoms with Crippen LogP contribution in [0.15, 0.2) is 53.7 Å². The number of esters is 1. The number of urea groups is 1. The van der Waals surface area contributed by atoms with E-state index in [-0.39, 0.29) is 25.3 Å². The molecule has 0 bridgehead atoms. The Bertz CT molecular complexity index is 1260. The lowest BCUT2D eigenvalue weighted by atomic mass is 9.93. The van der Waals surface area contributed by atoms with Gasteiger partial charge in [-0.3, -0.25) is 4.90 Å². The number of nitrogens with one attached hydrogen (secondary N) is 2. The molecule has 0 aromatic heterocycles. The van der Waals surface area contributed by atoms with Gasteiger partial charge in [0.05, 0.1) is 37.5 Å². The molecule has 2 heterocycles. The molecule has 1 atom stereocenters. The van der Waals surface area contributed by atoms with Gasteiger partial charge in [-0.05, 0) is 42.8 Å². The van der Waals surface area contributed by atoms with Gasteiger partial charge in [0.1, 0.15) is 5.75 Å². The summed E-state index contributed by atoms with van der Waals surface area (Å²) in [7, 11) is 3.11. The van der Waals surface area contributed by atoms with Gasteiger partial charge >= 0.3 is 18.2 Å². The summed E-state index contributed by atoms with van der Waals surface area (Å²) in [4.78, 5) is 29.9. The molecule has 0 radical (unpaired) electrons. The van der Waals surface area contributed by atoms with Gasteiger partial charge in [-0.15, -0.1) is 0 Å². The van der Waals surface area contributed by atoms with Crippen molar-refractivity contribution >= 4 is 17.7 Å². The summed E-state index contributed by atoms with van der Waals surface area (Å²) in [5, 5.41) is 5.61. The van der Waals surface area contributed by atoms with E-state index in [2.05, 4.69) is 10.6 Å². The Balaban J connectivity index is 1.57. The molecule has 0 saturated carbocycles. The summed E-state index contributed by atoms with van der Waals surface area (Å²) in [6, 6.07) is 9.41. The molecular formula is C28H33F3N4O5. The number of hydrogen-bond acceptors (Lipinski definition) is 7. The number of halogens is 3. The number of methoxy groups -OCH3 is 2. The van der Waals surface area contributed by atoms with E-state index in [0.717, 1.165) is 17.7 Å². The number of piperazine rings is 1. The first-order valence-corrected chi connectivity index (χ1v) is 12.9. The predicted molar refractivity (Wildman–Crippen MR) is 142 cm³/mol. The van der Waals surface area contributed by atoms with E-state index in [1.54, 1.807) is 39.3 Å². The molecule has 2 N–H and O–H groups in total. The van der Waals surface area contributed by atoms with Crippen molar-refractivity contribution in [3.05, 3.63) is 70.4 Å². The highest BCUT2D eigenvalue weighted by Gasteiger charge is 2.35. The second kappa shape index (κ2) is 12.6. The molecule has 40 heavy (non-hydrogen) atoms. The minimum absolute atomic E-state index is 0.156. The zero-order chi connectivity index (χ0) is 28.9. The molecule has 1 fully saturated rings. The van der Waals surface area contributed by atoms with Crippen molar-refractivity contribution in [3.63, 3.8) is 0 Å². The molecule has 0 spiro atoms. The fraction of sp³-hybridized carbons (Fsp3) is 0.429. The van der Waals surface area contributed by atoms with Crippen LogP contribution in [0.4, 0.5) is 23.7 Å². The molecule has 1 saturated heterocycles. The van der Waals surface area contributed by atoms with Crippen LogP contribution in [0, 0.1) is 0 Å². The number of carbonyl (C=O) groups is 2. The van der Waals surface area contributed by atoms with E-state index in [4.69, 9.17) is 14.2 Å². The van der Waals surface area contributed by atoms with Crippen molar-refractivity contribution in [1.82, 2.24) is 15.5 Å². The highest BCUT2D eigenvalue weighted by molar-refractivity contribution is 5.95. The van der Waals surface area contributed by atoms with Gasteiger partial charge in [0.15, 0.2) is 0 Å². The van der Waals surface area contributed by atoms with Crippen LogP contribution in [-0.2, 0) is 27.1 Å². The lowest BCUT2D eigenvalue weighted by Crippen LogP contribution is -2.51. The third kappa shape index (κ3) is 6.68. The van der Waals surface area contributed by atoms with Gasteiger partial charge in [0, 0.05) is 56.8 Å². The number of rotatable bonds is 9. The number of hydrogen-bond donors (Lipinski definition) is 2. The number of alkyl halides is 3. The fourth-order valence-electron chi connectivity index (χ4n) is 4.96. The molecule has 2 amide bonds. The zero-order valence-electron chi connectivity index (χ0n) is 22.6. The second-order valence-electron chi connectivity index (χ2n) is 9.46. The number of ether oxygens (including phenoxy) is 3. The Morgan fingerprint density at radius 3 is 2.48 bits per heavy atom. The van der Waals surface area contributed by atoms with Crippen LogP contribution in [0.25, 0.3) is 0 Å². The van der Waals surface area contributed by atoms with Crippen LogP contribution in [0.1, 0.15) is 29.7 Å². The van der Waals surface area contributed by atoms with Crippen molar-refractivity contribution in [2.24, 2.45) is 0 Å². The van der Waals surface area contributed by atoms with Crippen LogP contribution in [0.5, 0.6) is 5.75 Å². The first-order chi connectivity index (χ1) is 19.1. The van der Waals surface area contributed by atoms with E-state index in [1.165, 1.54) is 6.07 Å². The normalized spacial score (nSPS) is 18.3. The quantitative estimate of drug-likeness (QED) is 0.449. The Morgan fingerprint density at radius 2 is 1.82 bits per heavy atom. The van der Waals surface area contributed by atoms with Crippen LogP contribution >= 0.6 is 0 Å². The standard InChI is InChI=1S/C28H33F3N4O5/c1-4-40-26(36)24-22(32-27(37)33-25(24)18-8-9-23(39-3)19(14-18)17-38-2)16-34-10-12-35(13-11-34)21-7-5-6-20(15-21)28(29,30)31/h5-9,14-15,25H,4,10-13,16-17H2,1-3H3,(H2,32,33,37)/t25-/m1/s1. The average molecular weight is 563 g/mol. The highest BCUT2D eigenvalue weighted by Crippen LogP contribution is 2.33. The third-order valence-electron chi connectivity index (χ3n) is 6.88. The smallest absolute Gasteiger partial charge is 0.416 e. The molecule has 0 unspecified atom stereocenters. The first kappa shape index (κ1) is 29.2. The molecule has 2 aromatic rings. The summed E-state index contributed by atoms with van der Waals surface area (Å²) in [5.41, 5.74) is 1.94. The Hall–Kier alpha value is -3.77.